The molecule has 3 N–H and O–H groups in total. The number of aromatic nitrogens is 3. The number of likely N-dealkylation sites (N-methyl/N-ethyl adjacent to an activating group) is 1. The third kappa shape index (κ3) is 4.95. The highest BCUT2D eigenvalue weighted by atomic mass is 19.4. The zero-order valence-electron chi connectivity index (χ0n) is 18.9. The van der Waals surface area contributed by atoms with Crippen LogP contribution in [0.1, 0.15) is 36.7 Å². The summed E-state index contributed by atoms with van der Waals surface area (Å²) in [5, 5.41) is 12.5. The van der Waals surface area contributed by atoms with E-state index in [1.54, 1.807) is 6.92 Å². The molecule has 0 radical (unpaired) electrons. The molecule has 176 valence electrons. The van der Waals surface area contributed by atoms with E-state index in [1.165, 1.54) is 6.07 Å². The smallest absolute Gasteiger partial charge is 0.399 e. The molecule has 4 rings (SSSR count). The first-order valence-corrected chi connectivity index (χ1v) is 11.0. The number of piperazine rings is 1. The van der Waals surface area contributed by atoms with Gasteiger partial charge in [0.1, 0.15) is 0 Å². The van der Waals surface area contributed by atoms with Gasteiger partial charge in [-0.3, -0.25) is 4.98 Å². The second-order valence-corrected chi connectivity index (χ2v) is 8.40. The molecule has 1 atom stereocenters. The van der Waals surface area contributed by atoms with E-state index in [9.17, 15) is 13.2 Å². The summed E-state index contributed by atoms with van der Waals surface area (Å²) in [5.41, 5.74) is 7.83. The number of aryl methyl sites for hydroxylation is 1. The van der Waals surface area contributed by atoms with E-state index in [2.05, 4.69) is 37.2 Å². The number of nitrogens with one attached hydrogen (secondary N) is 1. The number of anilines is 3. The van der Waals surface area contributed by atoms with Crippen LogP contribution in [0, 0.1) is 6.92 Å². The predicted octanol–water partition coefficient (Wildman–Crippen LogP) is 4.25. The molecule has 1 aliphatic rings. The number of hydrogen-bond acceptors (Lipinski definition) is 7. The molecule has 2 aromatic heterocycles. The Morgan fingerprint density at radius 2 is 1.82 bits per heavy atom. The maximum Gasteiger partial charge on any atom is 0.416 e. The Kier molecular flexibility index (Phi) is 6.29. The molecule has 0 amide bonds. The summed E-state index contributed by atoms with van der Waals surface area (Å²) in [5.74, 6) is 0.473. The molecule has 1 saturated heterocycles. The van der Waals surface area contributed by atoms with Crippen molar-refractivity contribution in [3.8, 4) is 0 Å². The fourth-order valence-corrected chi connectivity index (χ4v) is 4.13. The summed E-state index contributed by atoms with van der Waals surface area (Å²) in [7, 11) is 0. The summed E-state index contributed by atoms with van der Waals surface area (Å²) < 4.78 is 39.7. The Labute approximate surface area is 190 Å². The Morgan fingerprint density at radius 3 is 2.48 bits per heavy atom. The van der Waals surface area contributed by atoms with Crippen molar-refractivity contribution < 1.29 is 13.2 Å². The van der Waals surface area contributed by atoms with Crippen molar-refractivity contribution in [3.05, 3.63) is 47.3 Å². The quantitative estimate of drug-likeness (QED) is 0.552. The number of benzene rings is 1. The maximum atomic E-state index is 13.2. The van der Waals surface area contributed by atoms with Crippen molar-refractivity contribution in [2.45, 2.75) is 33.0 Å². The van der Waals surface area contributed by atoms with E-state index in [0.717, 1.165) is 55.9 Å². The Balaban J connectivity index is 1.65. The van der Waals surface area contributed by atoms with Crippen molar-refractivity contribution in [2.24, 2.45) is 0 Å². The molecule has 1 aromatic carbocycles. The molecule has 0 bridgehead atoms. The zero-order valence-corrected chi connectivity index (χ0v) is 18.9. The molecule has 1 fully saturated rings. The van der Waals surface area contributed by atoms with Crippen LogP contribution in [-0.2, 0) is 6.18 Å². The van der Waals surface area contributed by atoms with E-state index in [-0.39, 0.29) is 5.69 Å². The number of halogens is 3. The molecule has 10 heteroatoms. The third-order valence-corrected chi connectivity index (χ3v) is 6.11. The van der Waals surface area contributed by atoms with E-state index in [4.69, 9.17) is 5.73 Å². The van der Waals surface area contributed by atoms with Crippen LogP contribution >= 0.6 is 0 Å². The van der Waals surface area contributed by atoms with Gasteiger partial charge in [0.2, 0.25) is 0 Å². The van der Waals surface area contributed by atoms with E-state index in [0.29, 0.717) is 22.6 Å². The molecule has 33 heavy (non-hydrogen) atoms. The lowest BCUT2D eigenvalue weighted by molar-refractivity contribution is -0.137. The topological polar surface area (TPSA) is 83.2 Å². The van der Waals surface area contributed by atoms with Gasteiger partial charge < -0.3 is 20.9 Å². The monoisotopic (exact) mass is 459 g/mol. The van der Waals surface area contributed by atoms with Crippen molar-refractivity contribution in [3.63, 3.8) is 0 Å². The van der Waals surface area contributed by atoms with Crippen LogP contribution in [0.4, 0.5) is 30.4 Å². The van der Waals surface area contributed by atoms with Gasteiger partial charge in [-0.1, -0.05) is 6.92 Å². The Hall–Kier alpha value is -3.14. The fourth-order valence-electron chi connectivity index (χ4n) is 4.13. The molecular weight excluding hydrogens is 431 g/mol. The Morgan fingerprint density at radius 1 is 1.09 bits per heavy atom. The molecule has 0 saturated carbocycles. The highest BCUT2D eigenvalue weighted by molar-refractivity contribution is 5.92. The van der Waals surface area contributed by atoms with Crippen LogP contribution in [0.25, 0.3) is 10.9 Å². The van der Waals surface area contributed by atoms with Crippen LogP contribution in [0.2, 0.25) is 0 Å². The lowest BCUT2D eigenvalue weighted by Gasteiger charge is -2.35. The largest absolute Gasteiger partial charge is 0.416 e. The van der Waals surface area contributed by atoms with Crippen molar-refractivity contribution in [1.29, 1.82) is 0 Å². The summed E-state index contributed by atoms with van der Waals surface area (Å²) in [4.78, 5) is 9.32. The van der Waals surface area contributed by atoms with Crippen molar-refractivity contribution in [1.82, 2.24) is 20.1 Å². The molecule has 7 nitrogen and oxygen atoms in total. The second kappa shape index (κ2) is 9.01. The number of nitrogen functional groups attached to an aromatic ring is 1. The van der Waals surface area contributed by atoms with Crippen LogP contribution in [-0.4, -0.2) is 52.8 Å². The lowest BCUT2D eigenvalue weighted by Crippen LogP contribution is -2.46. The maximum absolute atomic E-state index is 13.2. The van der Waals surface area contributed by atoms with Gasteiger partial charge in [0.15, 0.2) is 5.82 Å². The minimum atomic E-state index is -4.47. The molecule has 3 aromatic rings. The number of rotatable bonds is 5. The standard InChI is InChI=1S/C23H28F3N7/c1-4-32-5-7-33(8-6-32)19-12-20-21(28-13-19)15(3)30-31-22(20)29-14(2)16-9-17(23(24,25)26)11-18(27)10-16/h9-14H,4-8,27H2,1-3H3,(H,29,31). The minimum absolute atomic E-state index is 0.0588. The number of hydrogen-bond donors (Lipinski definition) is 2. The summed E-state index contributed by atoms with van der Waals surface area (Å²) in [6.07, 6.45) is -2.62. The zero-order chi connectivity index (χ0) is 23.8. The first-order chi connectivity index (χ1) is 15.7. The number of fused-ring (bicyclic) bond motifs is 1. The average molecular weight is 460 g/mol. The molecule has 0 aliphatic carbocycles. The van der Waals surface area contributed by atoms with Crippen LogP contribution < -0.4 is 16.0 Å². The van der Waals surface area contributed by atoms with E-state index >= 15 is 0 Å². The molecule has 3 heterocycles. The molecular formula is C23H28F3N7. The van der Waals surface area contributed by atoms with Crippen molar-refractivity contribution >= 4 is 28.1 Å². The van der Waals surface area contributed by atoms with Gasteiger partial charge in [0, 0.05) is 37.3 Å². The summed E-state index contributed by atoms with van der Waals surface area (Å²) in [6.45, 7) is 10.6. The third-order valence-electron chi connectivity index (χ3n) is 6.11. The predicted molar refractivity (Wildman–Crippen MR) is 124 cm³/mol. The SMILES string of the molecule is CCN1CCN(c2cnc3c(C)nnc(NC(C)c4cc(N)cc(C(F)(F)F)c4)c3c2)CC1. The van der Waals surface area contributed by atoms with Gasteiger partial charge in [-0.2, -0.15) is 18.3 Å². The lowest BCUT2D eigenvalue weighted by atomic mass is 10.0. The number of alkyl halides is 3. The minimum Gasteiger partial charge on any atom is -0.399 e. The fraction of sp³-hybridized carbons (Fsp3) is 0.435. The average Bonchev–Trinajstić information content (AvgIpc) is 2.79. The first kappa shape index (κ1) is 23.0. The van der Waals surface area contributed by atoms with Gasteiger partial charge in [-0.25, -0.2) is 0 Å². The van der Waals surface area contributed by atoms with E-state index < -0.39 is 17.8 Å². The first-order valence-electron chi connectivity index (χ1n) is 11.0. The Bertz CT molecular complexity index is 1140. The van der Waals surface area contributed by atoms with Gasteiger partial charge in [-0.05, 0) is 50.2 Å². The normalized spacial score (nSPS) is 16.2. The number of pyridine rings is 1. The second-order valence-electron chi connectivity index (χ2n) is 8.40. The van der Waals surface area contributed by atoms with E-state index in [1.807, 2.05) is 19.2 Å². The van der Waals surface area contributed by atoms with Crippen LogP contribution in [0.15, 0.2) is 30.5 Å². The summed E-state index contributed by atoms with van der Waals surface area (Å²) >= 11 is 0. The highest BCUT2D eigenvalue weighted by Gasteiger charge is 2.31. The van der Waals surface area contributed by atoms with Crippen molar-refractivity contribution in [2.75, 3.05) is 48.7 Å². The van der Waals surface area contributed by atoms with Crippen LogP contribution in [0.3, 0.4) is 0 Å². The molecule has 1 unspecified atom stereocenters. The number of nitrogens with zero attached hydrogens (tertiary/aromatic N) is 5. The van der Waals surface area contributed by atoms with Gasteiger partial charge in [0.05, 0.1) is 34.7 Å². The van der Waals surface area contributed by atoms with Gasteiger partial charge in [-0.15, -0.1) is 5.10 Å². The highest BCUT2D eigenvalue weighted by Crippen LogP contribution is 2.34. The summed E-state index contributed by atoms with van der Waals surface area (Å²) in [6, 6.07) is 5.13. The van der Waals surface area contributed by atoms with Crippen LogP contribution in [0.5, 0.6) is 0 Å². The van der Waals surface area contributed by atoms with Gasteiger partial charge >= 0.3 is 6.18 Å². The molecule has 0 spiro atoms. The molecule has 1 aliphatic heterocycles. The number of nitrogens with two attached hydrogens (primary N) is 1. The van der Waals surface area contributed by atoms with Gasteiger partial charge in [0.25, 0.3) is 0 Å².